The Morgan fingerprint density at radius 1 is 0.688 bits per heavy atom. The molecule has 0 amide bonds. The van der Waals surface area contributed by atoms with Crippen LogP contribution in [-0.4, -0.2) is 5.71 Å². The smallest absolute Gasteiger partial charge is 0.0684 e. The van der Waals surface area contributed by atoms with E-state index in [1.807, 2.05) is 48.5 Å². The van der Waals surface area contributed by atoms with E-state index in [0.29, 0.717) is 5.71 Å². The highest BCUT2D eigenvalue weighted by molar-refractivity contribution is 9.10. The van der Waals surface area contributed by atoms with E-state index in [1.54, 1.807) is 0 Å². The molecular weight excluding hydrogens is 330 g/mol. The number of nitrogens with one attached hydrogen (secondary N) is 1. The average Bonchev–Trinajstić information content (AvgIpc) is 2.30. The van der Waals surface area contributed by atoms with Crippen molar-refractivity contribution in [3.63, 3.8) is 0 Å². The second-order valence-corrected chi connectivity index (χ2v) is 5.22. The molecule has 0 aliphatic rings. The summed E-state index contributed by atoms with van der Waals surface area (Å²) < 4.78 is 2.06. The maximum absolute atomic E-state index is 8.08. The SMILES string of the molecule is N=C(c1ccc(Br)cc1)c1ccc(Br)cc1. The molecule has 16 heavy (non-hydrogen) atoms. The van der Waals surface area contributed by atoms with E-state index in [0.717, 1.165) is 20.1 Å². The number of rotatable bonds is 2. The molecule has 0 bridgehead atoms. The summed E-state index contributed by atoms with van der Waals surface area (Å²) in [6.07, 6.45) is 0. The lowest BCUT2D eigenvalue weighted by atomic mass is 10.0. The minimum atomic E-state index is 0.542. The van der Waals surface area contributed by atoms with Crippen LogP contribution in [0.2, 0.25) is 0 Å². The number of hydrogen-bond acceptors (Lipinski definition) is 1. The Morgan fingerprint density at radius 2 is 1.00 bits per heavy atom. The van der Waals surface area contributed by atoms with Crippen molar-refractivity contribution in [3.05, 3.63) is 68.6 Å². The lowest BCUT2D eigenvalue weighted by Gasteiger charge is -2.04. The third-order valence-electron chi connectivity index (χ3n) is 2.27. The van der Waals surface area contributed by atoms with E-state index >= 15 is 0 Å². The van der Waals surface area contributed by atoms with Gasteiger partial charge in [-0.3, -0.25) is 5.41 Å². The van der Waals surface area contributed by atoms with Crippen LogP contribution in [0.3, 0.4) is 0 Å². The molecule has 0 atom stereocenters. The van der Waals surface area contributed by atoms with Crippen LogP contribution in [-0.2, 0) is 0 Å². The highest BCUT2D eigenvalue weighted by Crippen LogP contribution is 2.16. The second-order valence-electron chi connectivity index (χ2n) is 3.39. The largest absolute Gasteiger partial charge is 0.300 e. The van der Waals surface area contributed by atoms with E-state index in [1.165, 1.54) is 0 Å². The first-order valence-corrected chi connectivity index (χ1v) is 6.36. The number of halogens is 2. The van der Waals surface area contributed by atoms with Gasteiger partial charge >= 0.3 is 0 Å². The van der Waals surface area contributed by atoms with Gasteiger partial charge in [-0.25, -0.2) is 0 Å². The zero-order valence-electron chi connectivity index (χ0n) is 8.37. The summed E-state index contributed by atoms with van der Waals surface area (Å²) in [5, 5.41) is 8.08. The number of benzene rings is 2. The molecule has 0 spiro atoms. The lowest BCUT2D eigenvalue weighted by molar-refractivity contribution is 1.45. The Morgan fingerprint density at radius 3 is 1.31 bits per heavy atom. The van der Waals surface area contributed by atoms with Gasteiger partial charge in [-0.15, -0.1) is 0 Å². The van der Waals surface area contributed by atoms with Crippen molar-refractivity contribution in [1.29, 1.82) is 5.41 Å². The van der Waals surface area contributed by atoms with Crippen LogP contribution < -0.4 is 0 Å². The van der Waals surface area contributed by atoms with Gasteiger partial charge in [0.15, 0.2) is 0 Å². The van der Waals surface area contributed by atoms with Crippen LogP contribution in [0.15, 0.2) is 57.5 Å². The molecule has 0 saturated heterocycles. The summed E-state index contributed by atoms with van der Waals surface area (Å²) in [6, 6.07) is 15.5. The van der Waals surface area contributed by atoms with Crippen molar-refractivity contribution < 1.29 is 0 Å². The Labute approximate surface area is 111 Å². The van der Waals surface area contributed by atoms with E-state index in [9.17, 15) is 0 Å². The first-order valence-electron chi connectivity index (χ1n) is 4.77. The van der Waals surface area contributed by atoms with E-state index < -0.39 is 0 Å². The highest BCUT2D eigenvalue weighted by Gasteiger charge is 2.03. The average molecular weight is 339 g/mol. The Kier molecular flexibility index (Phi) is 3.56. The normalized spacial score (nSPS) is 10.1. The Balaban J connectivity index is 2.32. The first-order chi connectivity index (χ1) is 7.66. The minimum Gasteiger partial charge on any atom is -0.300 e. The zero-order valence-corrected chi connectivity index (χ0v) is 11.5. The summed E-state index contributed by atoms with van der Waals surface area (Å²) in [6.45, 7) is 0. The fourth-order valence-electron chi connectivity index (χ4n) is 1.40. The van der Waals surface area contributed by atoms with Gasteiger partial charge in [0.05, 0.1) is 5.71 Å². The van der Waals surface area contributed by atoms with Crippen molar-refractivity contribution in [3.8, 4) is 0 Å². The van der Waals surface area contributed by atoms with Crippen LogP contribution in [0.1, 0.15) is 11.1 Å². The Hall–Kier alpha value is -0.930. The summed E-state index contributed by atoms with van der Waals surface area (Å²) in [7, 11) is 0. The van der Waals surface area contributed by atoms with Gasteiger partial charge in [0, 0.05) is 20.1 Å². The topological polar surface area (TPSA) is 23.9 Å². The summed E-state index contributed by atoms with van der Waals surface area (Å²) in [4.78, 5) is 0. The fourth-order valence-corrected chi connectivity index (χ4v) is 1.93. The molecule has 0 saturated carbocycles. The molecule has 80 valence electrons. The molecule has 0 unspecified atom stereocenters. The zero-order chi connectivity index (χ0) is 11.5. The van der Waals surface area contributed by atoms with Gasteiger partial charge in [0.1, 0.15) is 0 Å². The second kappa shape index (κ2) is 4.93. The third-order valence-corrected chi connectivity index (χ3v) is 3.32. The van der Waals surface area contributed by atoms with Gasteiger partial charge in [0.2, 0.25) is 0 Å². The van der Waals surface area contributed by atoms with Gasteiger partial charge < -0.3 is 0 Å². The van der Waals surface area contributed by atoms with Crippen molar-refractivity contribution in [2.24, 2.45) is 0 Å². The predicted molar refractivity (Wildman–Crippen MR) is 74.2 cm³/mol. The predicted octanol–water partition coefficient (Wildman–Crippen LogP) is 4.63. The molecule has 0 heterocycles. The molecule has 2 aromatic carbocycles. The molecule has 3 heteroatoms. The van der Waals surface area contributed by atoms with Crippen molar-refractivity contribution >= 4 is 37.6 Å². The number of hydrogen-bond donors (Lipinski definition) is 1. The van der Waals surface area contributed by atoms with E-state index in [2.05, 4.69) is 31.9 Å². The Bertz CT molecular complexity index is 453. The van der Waals surface area contributed by atoms with Crippen molar-refractivity contribution in [1.82, 2.24) is 0 Å². The fraction of sp³-hybridized carbons (Fsp3) is 0. The van der Waals surface area contributed by atoms with Crippen LogP contribution in [0.4, 0.5) is 0 Å². The molecule has 0 radical (unpaired) electrons. The molecule has 0 aromatic heterocycles. The quantitative estimate of drug-likeness (QED) is 0.772. The van der Waals surface area contributed by atoms with Crippen LogP contribution >= 0.6 is 31.9 Å². The van der Waals surface area contributed by atoms with Gasteiger partial charge in [-0.2, -0.15) is 0 Å². The maximum atomic E-state index is 8.08. The molecule has 2 aromatic rings. The van der Waals surface area contributed by atoms with Gasteiger partial charge in [-0.1, -0.05) is 56.1 Å². The first kappa shape index (κ1) is 11.6. The standard InChI is InChI=1S/C13H9Br2N/c14-11-5-1-9(2-6-11)13(16)10-3-7-12(15)8-4-10/h1-8,16H. The molecule has 2 rings (SSSR count). The van der Waals surface area contributed by atoms with Crippen molar-refractivity contribution in [2.75, 3.05) is 0 Å². The minimum absolute atomic E-state index is 0.542. The monoisotopic (exact) mass is 337 g/mol. The van der Waals surface area contributed by atoms with Crippen LogP contribution in [0, 0.1) is 5.41 Å². The molecule has 1 N–H and O–H groups in total. The molecule has 0 aliphatic carbocycles. The molecule has 0 aliphatic heterocycles. The molecule has 0 fully saturated rings. The maximum Gasteiger partial charge on any atom is 0.0684 e. The van der Waals surface area contributed by atoms with Gasteiger partial charge in [-0.05, 0) is 24.3 Å². The highest BCUT2D eigenvalue weighted by atomic mass is 79.9. The van der Waals surface area contributed by atoms with Crippen LogP contribution in [0.5, 0.6) is 0 Å². The molecular formula is C13H9Br2N. The van der Waals surface area contributed by atoms with E-state index in [-0.39, 0.29) is 0 Å². The lowest BCUT2D eigenvalue weighted by Crippen LogP contribution is -2.00. The summed E-state index contributed by atoms with van der Waals surface area (Å²) >= 11 is 6.77. The third kappa shape index (κ3) is 2.60. The van der Waals surface area contributed by atoms with Crippen molar-refractivity contribution in [2.45, 2.75) is 0 Å². The van der Waals surface area contributed by atoms with Gasteiger partial charge in [0.25, 0.3) is 0 Å². The summed E-state index contributed by atoms with van der Waals surface area (Å²) in [5.41, 5.74) is 2.39. The molecule has 1 nitrogen and oxygen atoms in total. The van der Waals surface area contributed by atoms with Crippen LogP contribution in [0.25, 0.3) is 0 Å². The summed E-state index contributed by atoms with van der Waals surface area (Å²) in [5.74, 6) is 0. The van der Waals surface area contributed by atoms with E-state index in [4.69, 9.17) is 5.41 Å².